The number of piperidine rings is 1. The number of anilines is 1. The first-order chi connectivity index (χ1) is 16.2. The number of ether oxygens (including phenoxy) is 2. The molecular weight excluding hydrogens is 418 g/mol. The van der Waals surface area contributed by atoms with Crippen LogP contribution in [0.3, 0.4) is 0 Å². The number of aliphatic imine (C=N–C) groups is 1. The third-order valence-corrected chi connectivity index (χ3v) is 5.77. The van der Waals surface area contributed by atoms with Gasteiger partial charge >= 0.3 is 0 Å². The second-order valence-electron chi connectivity index (χ2n) is 7.88. The van der Waals surface area contributed by atoms with Gasteiger partial charge in [-0.25, -0.2) is 9.67 Å². The van der Waals surface area contributed by atoms with Crippen LogP contribution in [-0.4, -0.2) is 61.1 Å². The van der Waals surface area contributed by atoms with Crippen LogP contribution in [-0.2, 0) is 6.54 Å². The van der Waals surface area contributed by atoms with Crippen LogP contribution in [0.2, 0.25) is 0 Å². The molecule has 9 heteroatoms. The highest BCUT2D eigenvalue weighted by Gasteiger charge is 2.21. The van der Waals surface area contributed by atoms with Gasteiger partial charge in [0.05, 0.1) is 14.2 Å². The van der Waals surface area contributed by atoms with Crippen molar-refractivity contribution in [3.63, 3.8) is 0 Å². The van der Waals surface area contributed by atoms with Crippen molar-refractivity contribution >= 4 is 11.6 Å². The minimum atomic E-state index is 0.358. The van der Waals surface area contributed by atoms with Crippen molar-refractivity contribution in [1.82, 2.24) is 25.4 Å². The van der Waals surface area contributed by atoms with Crippen LogP contribution >= 0.6 is 0 Å². The number of benzene rings is 1. The van der Waals surface area contributed by atoms with Crippen LogP contribution in [0.4, 0.5) is 5.69 Å². The zero-order chi connectivity index (χ0) is 23.0. The number of hydrogen-bond donors (Lipinski definition) is 2. The van der Waals surface area contributed by atoms with E-state index in [1.54, 1.807) is 38.3 Å². The van der Waals surface area contributed by atoms with Crippen molar-refractivity contribution in [2.45, 2.75) is 25.4 Å². The lowest BCUT2D eigenvalue weighted by Crippen LogP contribution is -2.48. The van der Waals surface area contributed by atoms with E-state index in [1.807, 2.05) is 30.5 Å². The Hall–Kier alpha value is -3.75. The molecule has 1 saturated heterocycles. The lowest BCUT2D eigenvalue weighted by Gasteiger charge is -2.34. The quantitative estimate of drug-likeness (QED) is 0.423. The molecule has 1 aromatic carbocycles. The number of pyridine rings is 1. The minimum Gasteiger partial charge on any atom is -0.497 e. The number of aromatic nitrogens is 3. The van der Waals surface area contributed by atoms with Crippen LogP contribution < -0.4 is 25.0 Å². The highest BCUT2D eigenvalue weighted by molar-refractivity contribution is 5.80. The molecule has 33 heavy (non-hydrogen) atoms. The van der Waals surface area contributed by atoms with E-state index in [1.165, 1.54) is 0 Å². The summed E-state index contributed by atoms with van der Waals surface area (Å²) in [5, 5.41) is 11.2. The standard InChI is InChI=1S/C24H31N7O2/c1-25-24(27-17-18-5-9-26-23(13-18)31-10-4-8-28-31)29-19-6-11-30(12-7-19)20-14-21(32-2)16-22(15-20)33-3/h4-5,8-10,13-16,19H,6-7,11-12,17H2,1-3H3,(H2,25,27,29). The van der Waals surface area contributed by atoms with Crippen LogP contribution in [0.15, 0.2) is 60.0 Å². The topological polar surface area (TPSA) is 88.8 Å². The molecule has 3 aromatic rings. The van der Waals surface area contributed by atoms with Crippen molar-refractivity contribution in [3.8, 4) is 17.3 Å². The molecule has 4 rings (SSSR count). The van der Waals surface area contributed by atoms with Gasteiger partial charge < -0.3 is 25.0 Å². The molecular formula is C24H31N7O2. The van der Waals surface area contributed by atoms with Crippen LogP contribution in [0, 0.1) is 0 Å². The molecule has 1 aliphatic heterocycles. The molecule has 0 unspecified atom stereocenters. The van der Waals surface area contributed by atoms with Gasteiger partial charge in [0, 0.05) is 75.2 Å². The van der Waals surface area contributed by atoms with Crippen molar-refractivity contribution < 1.29 is 9.47 Å². The maximum absolute atomic E-state index is 5.42. The molecule has 1 aliphatic rings. The Labute approximate surface area is 194 Å². The molecule has 2 N–H and O–H groups in total. The number of methoxy groups -OCH3 is 2. The average molecular weight is 450 g/mol. The summed E-state index contributed by atoms with van der Waals surface area (Å²) in [4.78, 5) is 11.2. The lowest BCUT2D eigenvalue weighted by atomic mass is 10.0. The molecule has 1 fully saturated rings. The molecule has 3 heterocycles. The zero-order valence-corrected chi connectivity index (χ0v) is 19.4. The Balaban J connectivity index is 1.30. The predicted molar refractivity (Wildman–Crippen MR) is 129 cm³/mol. The predicted octanol–water partition coefficient (Wildman–Crippen LogP) is 2.62. The first-order valence-corrected chi connectivity index (χ1v) is 11.1. The molecule has 0 amide bonds. The lowest BCUT2D eigenvalue weighted by molar-refractivity contribution is 0.393. The molecule has 174 valence electrons. The fourth-order valence-corrected chi connectivity index (χ4v) is 3.93. The van der Waals surface area contributed by atoms with Crippen LogP contribution in [0.1, 0.15) is 18.4 Å². The largest absolute Gasteiger partial charge is 0.497 e. The molecule has 0 radical (unpaired) electrons. The van der Waals surface area contributed by atoms with E-state index in [0.717, 1.165) is 60.5 Å². The smallest absolute Gasteiger partial charge is 0.191 e. The Morgan fingerprint density at radius 3 is 2.48 bits per heavy atom. The first kappa shape index (κ1) is 22.4. The normalized spacial score (nSPS) is 14.8. The zero-order valence-electron chi connectivity index (χ0n) is 19.4. The Morgan fingerprint density at radius 1 is 1.09 bits per heavy atom. The molecule has 0 saturated carbocycles. The molecule has 0 aliphatic carbocycles. The second kappa shape index (κ2) is 10.7. The maximum atomic E-state index is 5.42. The fraction of sp³-hybridized carbons (Fsp3) is 0.375. The van der Waals surface area contributed by atoms with Gasteiger partial charge in [-0.2, -0.15) is 5.10 Å². The van der Waals surface area contributed by atoms with E-state index in [4.69, 9.17) is 9.47 Å². The van der Waals surface area contributed by atoms with Crippen molar-refractivity contribution in [3.05, 3.63) is 60.6 Å². The highest BCUT2D eigenvalue weighted by Crippen LogP contribution is 2.30. The Kier molecular flexibility index (Phi) is 7.29. The van der Waals surface area contributed by atoms with Crippen LogP contribution in [0.5, 0.6) is 11.5 Å². The molecule has 0 bridgehead atoms. The van der Waals surface area contributed by atoms with E-state index in [2.05, 4.69) is 42.7 Å². The van der Waals surface area contributed by atoms with Gasteiger partial charge in [-0.05, 0) is 36.6 Å². The third kappa shape index (κ3) is 5.74. The Bertz CT molecular complexity index is 1040. The van der Waals surface area contributed by atoms with Crippen molar-refractivity contribution in [2.75, 3.05) is 39.3 Å². The van der Waals surface area contributed by atoms with Gasteiger partial charge in [-0.3, -0.25) is 4.99 Å². The van der Waals surface area contributed by atoms with Gasteiger partial charge in [0.25, 0.3) is 0 Å². The highest BCUT2D eigenvalue weighted by atomic mass is 16.5. The monoisotopic (exact) mass is 449 g/mol. The second-order valence-corrected chi connectivity index (χ2v) is 7.88. The summed E-state index contributed by atoms with van der Waals surface area (Å²) in [6.07, 6.45) is 7.45. The number of nitrogens with one attached hydrogen (secondary N) is 2. The third-order valence-electron chi connectivity index (χ3n) is 5.77. The Morgan fingerprint density at radius 2 is 1.85 bits per heavy atom. The van der Waals surface area contributed by atoms with Gasteiger partial charge in [-0.15, -0.1) is 0 Å². The maximum Gasteiger partial charge on any atom is 0.191 e. The van der Waals surface area contributed by atoms with Crippen molar-refractivity contribution in [1.29, 1.82) is 0 Å². The van der Waals surface area contributed by atoms with E-state index < -0.39 is 0 Å². The summed E-state index contributed by atoms with van der Waals surface area (Å²) in [5.74, 6) is 3.21. The van der Waals surface area contributed by atoms with Gasteiger partial charge in [0.15, 0.2) is 11.8 Å². The molecule has 0 spiro atoms. The van der Waals surface area contributed by atoms with Gasteiger partial charge in [-0.1, -0.05) is 0 Å². The fourth-order valence-electron chi connectivity index (χ4n) is 3.93. The number of hydrogen-bond acceptors (Lipinski definition) is 6. The summed E-state index contributed by atoms with van der Waals surface area (Å²) >= 11 is 0. The van der Waals surface area contributed by atoms with Gasteiger partial charge in [0.2, 0.25) is 0 Å². The number of rotatable bonds is 7. The summed E-state index contributed by atoms with van der Waals surface area (Å²) in [7, 11) is 5.16. The van der Waals surface area contributed by atoms with E-state index in [9.17, 15) is 0 Å². The molecule has 9 nitrogen and oxygen atoms in total. The minimum absolute atomic E-state index is 0.358. The summed E-state index contributed by atoms with van der Waals surface area (Å²) in [5.41, 5.74) is 2.23. The summed E-state index contributed by atoms with van der Waals surface area (Å²) in [6, 6.07) is 12.3. The van der Waals surface area contributed by atoms with Crippen LogP contribution in [0.25, 0.3) is 5.82 Å². The van der Waals surface area contributed by atoms with Gasteiger partial charge in [0.1, 0.15) is 11.5 Å². The van der Waals surface area contributed by atoms with E-state index in [0.29, 0.717) is 12.6 Å². The number of nitrogens with zero attached hydrogens (tertiary/aromatic N) is 5. The van der Waals surface area contributed by atoms with Crippen molar-refractivity contribution in [2.24, 2.45) is 4.99 Å². The summed E-state index contributed by atoms with van der Waals surface area (Å²) in [6.45, 7) is 2.55. The summed E-state index contributed by atoms with van der Waals surface area (Å²) < 4.78 is 12.6. The number of guanidine groups is 1. The SMILES string of the molecule is CN=C(NCc1ccnc(-n2cccn2)c1)NC1CCN(c2cc(OC)cc(OC)c2)CC1. The van der Waals surface area contributed by atoms with E-state index >= 15 is 0 Å². The average Bonchev–Trinajstić information content (AvgIpc) is 3.42. The van der Waals surface area contributed by atoms with E-state index in [-0.39, 0.29) is 0 Å². The molecule has 0 atom stereocenters. The molecule has 2 aromatic heterocycles. The first-order valence-electron chi connectivity index (χ1n) is 11.1.